The van der Waals surface area contributed by atoms with E-state index in [9.17, 15) is 34.8 Å². The molecule has 0 amide bonds. The molecule has 1 aromatic carbocycles. The Hall–Kier alpha value is -1.71. The second kappa shape index (κ2) is 5.96. The maximum Gasteiger partial charge on any atom is 0.534 e. The van der Waals surface area contributed by atoms with Gasteiger partial charge in [-0.3, -0.25) is 0 Å². The highest BCUT2D eigenvalue weighted by Gasteiger charge is 2.51. The molecule has 1 rings (SSSR count). The van der Waals surface area contributed by atoms with Crippen LogP contribution in [0.25, 0.3) is 0 Å². The molecule has 0 heterocycles. The summed E-state index contributed by atoms with van der Waals surface area (Å²) in [6.07, 6.45) is -5.57. The van der Waals surface area contributed by atoms with Crippen LogP contribution in [0.15, 0.2) is 42.2 Å². The first-order valence-corrected chi connectivity index (χ1v) is 6.66. The van der Waals surface area contributed by atoms with E-state index in [4.69, 9.17) is 0 Å². The number of halogens is 6. The van der Waals surface area contributed by atoms with E-state index in [0.717, 1.165) is 0 Å². The number of rotatable bonds is 4. The quantitative estimate of drug-likeness (QED) is 0.366. The first-order valence-electron chi connectivity index (χ1n) is 5.25. The molecule has 0 saturated carbocycles. The largest absolute Gasteiger partial charge is 0.534 e. The molecule has 0 aromatic heterocycles. The third kappa shape index (κ3) is 4.96. The molecule has 10 heteroatoms. The van der Waals surface area contributed by atoms with Crippen LogP contribution >= 0.6 is 0 Å². The van der Waals surface area contributed by atoms with E-state index in [-0.39, 0.29) is 6.08 Å². The lowest BCUT2D eigenvalue weighted by atomic mass is 10.1. The minimum Gasteiger partial charge on any atom is -0.371 e. The van der Waals surface area contributed by atoms with Crippen LogP contribution in [0.1, 0.15) is 5.56 Å². The van der Waals surface area contributed by atoms with Gasteiger partial charge in [-0.25, -0.2) is 0 Å². The van der Waals surface area contributed by atoms with E-state index in [2.05, 4.69) is 4.18 Å². The smallest absolute Gasteiger partial charge is 0.371 e. The third-order valence-electron chi connectivity index (χ3n) is 2.13. The Morgan fingerprint density at radius 3 is 2.00 bits per heavy atom. The molecule has 0 spiro atoms. The SMILES string of the molecule is O=S(=O)(O/C(=C\Cc1ccccc1)C(F)(F)F)C(F)(F)F. The van der Waals surface area contributed by atoms with E-state index < -0.39 is 34.0 Å². The van der Waals surface area contributed by atoms with Crippen LogP contribution in [-0.2, 0) is 20.7 Å². The standard InChI is InChI=1S/C11H8F6O3S/c12-10(13,14)9(20-21(18,19)11(15,16)17)7-6-8-4-2-1-3-5-8/h1-5,7H,6H2/b9-7-. The summed E-state index contributed by atoms with van der Waals surface area (Å²) >= 11 is 0. The average Bonchev–Trinajstić information content (AvgIpc) is 2.33. The van der Waals surface area contributed by atoms with Gasteiger partial charge in [0.05, 0.1) is 0 Å². The highest BCUT2D eigenvalue weighted by molar-refractivity contribution is 7.87. The molecular formula is C11H8F6O3S. The van der Waals surface area contributed by atoms with Gasteiger partial charge in [0, 0.05) is 0 Å². The summed E-state index contributed by atoms with van der Waals surface area (Å²) in [5, 5.41) is 0. The van der Waals surface area contributed by atoms with Gasteiger partial charge in [0.2, 0.25) is 5.76 Å². The molecule has 1 aromatic rings. The third-order valence-corrected chi connectivity index (χ3v) is 3.09. The van der Waals surface area contributed by atoms with Crippen LogP contribution < -0.4 is 0 Å². The fraction of sp³-hybridized carbons (Fsp3) is 0.273. The predicted molar refractivity (Wildman–Crippen MR) is 60.3 cm³/mol. The number of hydrogen-bond donors (Lipinski definition) is 0. The molecule has 0 fully saturated rings. The molecule has 3 nitrogen and oxygen atoms in total. The second-order valence-corrected chi connectivity index (χ2v) is 5.28. The van der Waals surface area contributed by atoms with Crippen LogP contribution in [0, 0.1) is 0 Å². The molecule has 0 saturated heterocycles. The molecule has 0 aliphatic rings. The van der Waals surface area contributed by atoms with Crippen molar-refractivity contribution in [2.24, 2.45) is 0 Å². The Labute approximate surface area is 116 Å². The monoisotopic (exact) mass is 334 g/mol. The Morgan fingerprint density at radius 2 is 1.57 bits per heavy atom. The van der Waals surface area contributed by atoms with Gasteiger partial charge in [-0.15, -0.1) is 0 Å². The number of allylic oxidation sites excluding steroid dienone is 2. The summed E-state index contributed by atoms with van der Waals surface area (Å²) in [4.78, 5) is 0. The molecule has 21 heavy (non-hydrogen) atoms. The predicted octanol–water partition coefficient (Wildman–Crippen LogP) is 3.54. The van der Waals surface area contributed by atoms with Gasteiger partial charge < -0.3 is 4.18 Å². The van der Waals surface area contributed by atoms with Crippen molar-refractivity contribution >= 4 is 10.1 Å². The molecule has 118 valence electrons. The van der Waals surface area contributed by atoms with Crippen LogP contribution in [0.4, 0.5) is 26.3 Å². The van der Waals surface area contributed by atoms with Crippen LogP contribution in [0.5, 0.6) is 0 Å². The van der Waals surface area contributed by atoms with Gasteiger partial charge in [0.15, 0.2) is 0 Å². The number of alkyl halides is 6. The minimum atomic E-state index is -6.37. The zero-order chi connectivity index (χ0) is 16.3. The maximum absolute atomic E-state index is 12.5. The van der Waals surface area contributed by atoms with Crippen molar-refractivity contribution in [2.75, 3.05) is 0 Å². The van der Waals surface area contributed by atoms with Crippen molar-refractivity contribution < 1.29 is 38.9 Å². The van der Waals surface area contributed by atoms with Crippen LogP contribution in [0.3, 0.4) is 0 Å². The molecule has 0 aliphatic carbocycles. The molecule has 0 bridgehead atoms. The summed E-state index contributed by atoms with van der Waals surface area (Å²) in [5.41, 5.74) is -5.60. The molecule has 0 atom stereocenters. The summed E-state index contributed by atoms with van der Waals surface area (Å²) in [5.74, 6) is -2.23. The minimum absolute atomic E-state index is 0.235. The number of hydrogen-bond acceptors (Lipinski definition) is 3. The zero-order valence-corrected chi connectivity index (χ0v) is 10.9. The van der Waals surface area contributed by atoms with Crippen LogP contribution in [-0.4, -0.2) is 20.1 Å². The normalized spacial score (nSPS) is 14.1. The Bertz CT molecular complexity index is 601. The molecular weight excluding hydrogens is 326 g/mol. The Kier molecular flexibility index (Phi) is 4.92. The molecule has 0 N–H and O–H groups in total. The topological polar surface area (TPSA) is 43.4 Å². The van der Waals surface area contributed by atoms with E-state index >= 15 is 0 Å². The number of benzene rings is 1. The zero-order valence-electron chi connectivity index (χ0n) is 10.1. The maximum atomic E-state index is 12.5. The van der Waals surface area contributed by atoms with Crippen molar-refractivity contribution in [2.45, 2.75) is 18.1 Å². The fourth-order valence-electron chi connectivity index (χ4n) is 1.19. The van der Waals surface area contributed by atoms with Gasteiger partial charge in [-0.1, -0.05) is 30.3 Å². The average molecular weight is 334 g/mol. The Balaban J connectivity index is 3.04. The molecule has 0 unspecified atom stereocenters. The van der Waals surface area contributed by atoms with E-state index in [0.29, 0.717) is 5.56 Å². The molecule has 0 radical (unpaired) electrons. The second-order valence-electron chi connectivity index (χ2n) is 3.74. The lowest BCUT2D eigenvalue weighted by Gasteiger charge is -2.14. The van der Waals surface area contributed by atoms with Crippen molar-refractivity contribution in [3.8, 4) is 0 Å². The lowest BCUT2D eigenvalue weighted by Crippen LogP contribution is -2.29. The van der Waals surface area contributed by atoms with Gasteiger partial charge >= 0.3 is 21.8 Å². The van der Waals surface area contributed by atoms with Crippen molar-refractivity contribution in [1.29, 1.82) is 0 Å². The first-order chi connectivity index (χ1) is 9.43. The van der Waals surface area contributed by atoms with Gasteiger partial charge in [0.1, 0.15) is 0 Å². The van der Waals surface area contributed by atoms with Crippen molar-refractivity contribution in [3.63, 3.8) is 0 Å². The van der Waals surface area contributed by atoms with Crippen LogP contribution in [0.2, 0.25) is 0 Å². The van der Waals surface area contributed by atoms with E-state index in [1.165, 1.54) is 24.3 Å². The highest BCUT2D eigenvalue weighted by atomic mass is 32.2. The van der Waals surface area contributed by atoms with Gasteiger partial charge in [-0.2, -0.15) is 34.8 Å². The van der Waals surface area contributed by atoms with Crippen molar-refractivity contribution in [3.05, 3.63) is 47.7 Å². The van der Waals surface area contributed by atoms with Gasteiger partial charge in [0.25, 0.3) is 0 Å². The first kappa shape index (κ1) is 17.3. The summed E-state index contributed by atoms with van der Waals surface area (Å²) in [6, 6.07) is 7.43. The Morgan fingerprint density at radius 1 is 1.05 bits per heavy atom. The summed E-state index contributed by atoms with van der Waals surface area (Å²) in [6.45, 7) is 0. The summed E-state index contributed by atoms with van der Waals surface area (Å²) < 4.78 is 98.1. The molecule has 0 aliphatic heterocycles. The van der Waals surface area contributed by atoms with Crippen molar-refractivity contribution in [1.82, 2.24) is 0 Å². The van der Waals surface area contributed by atoms with Gasteiger partial charge in [-0.05, 0) is 18.1 Å². The van der Waals surface area contributed by atoms with E-state index in [1.54, 1.807) is 6.07 Å². The van der Waals surface area contributed by atoms with E-state index in [1.807, 2.05) is 0 Å². The lowest BCUT2D eigenvalue weighted by molar-refractivity contribution is -0.120. The fourth-order valence-corrected chi connectivity index (χ4v) is 1.68. The highest BCUT2D eigenvalue weighted by Crippen LogP contribution is 2.33. The summed E-state index contributed by atoms with van der Waals surface area (Å²) in [7, 11) is -6.37.